The Morgan fingerprint density at radius 2 is 1.91 bits per heavy atom. The first-order chi connectivity index (χ1) is 11.1. The molecule has 0 bridgehead atoms. The second-order valence-corrected chi connectivity index (χ2v) is 6.28. The highest BCUT2D eigenvalue weighted by molar-refractivity contribution is 5.95. The predicted octanol–water partition coefficient (Wildman–Crippen LogP) is 3.11. The summed E-state index contributed by atoms with van der Waals surface area (Å²) in [5, 5.41) is 0.948. The molecule has 0 saturated carbocycles. The average molecular weight is 314 g/mol. The van der Waals surface area contributed by atoms with E-state index in [1.54, 1.807) is 6.07 Å². The Kier molecular flexibility index (Phi) is 4.37. The Labute approximate surface area is 135 Å². The van der Waals surface area contributed by atoms with Crippen LogP contribution in [-0.4, -0.2) is 40.5 Å². The first kappa shape index (κ1) is 15.6. The highest BCUT2D eigenvalue weighted by Crippen LogP contribution is 2.22. The van der Waals surface area contributed by atoms with Crippen molar-refractivity contribution in [1.82, 2.24) is 9.88 Å². The fourth-order valence-electron chi connectivity index (χ4n) is 3.38. The third-order valence-electron chi connectivity index (χ3n) is 4.56. The van der Waals surface area contributed by atoms with E-state index >= 15 is 0 Å². The molecule has 1 amide bonds. The topological polar surface area (TPSA) is 62.4 Å². The molecule has 1 aromatic carbocycles. The van der Waals surface area contributed by atoms with E-state index in [0.29, 0.717) is 5.69 Å². The maximum Gasteiger partial charge on any atom is 0.355 e. The number of benzene rings is 1. The van der Waals surface area contributed by atoms with Gasteiger partial charge in [0.15, 0.2) is 6.61 Å². The van der Waals surface area contributed by atoms with E-state index in [1.807, 2.05) is 43.0 Å². The van der Waals surface area contributed by atoms with Gasteiger partial charge in [0.2, 0.25) is 0 Å². The number of amides is 1. The number of ether oxygens (including phenoxy) is 1. The minimum atomic E-state index is -0.494. The molecule has 122 valence electrons. The lowest BCUT2D eigenvalue weighted by Gasteiger charge is -2.38. The summed E-state index contributed by atoms with van der Waals surface area (Å²) in [7, 11) is 0. The summed E-state index contributed by atoms with van der Waals surface area (Å²) in [5.41, 5.74) is 1.25. The van der Waals surface area contributed by atoms with E-state index in [0.717, 1.165) is 30.2 Å². The SMILES string of the molecule is C[C@@H]1CCC[C@H](C)N1C(=O)COC(=O)c1cc2ccccc2[nH]1. The highest BCUT2D eigenvalue weighted by Gasteiger charge is 2.29. The molecule has 2 atom stereocenters. The molecular weight excluding hydrogens is 292 g/mol. The summed E-state index contributed by atoms with van der Waals surface area (Å²) in [5.74, 6) is -0.610. The van der Waals surface area contributed by atoms with Gasteiger partial charge in [0.25, 0.3) is 5.91 Å². The van der Waals surface area contributed by atoms with Crippen molar-refractivity contribution in [2.75, 3.05) is 6.61 Å². The van der Waals surface area contributed by atoms with Crippen molar-refractivity contribution < 1.29 is 14.3 Å². The molecule has 5 nitrogen and oxygen atoms in total. The van der Waals surface area contributed by atoms with Crippen molar-refractivity contribution in [1.29, 1.82) is 0 Å². The van der Waals surface area contributed by atoms with Gasteiger partial charge in [-0.25, -0.2) is 4.79 Å². The van der Waals surface area contributed by atoms with Crippen LogP contribution in [0.15, 0.2) is 30.3 Å². The average Bonchev–Trinajstić information content (AvgIpc) is 2.96. The number of hydrogen-bond donors (Lipinski definition) is 1. The Hall–Kier alpha value is -2.30. The molecule has 1 aliphatic rings. The second-order valence-electron chi connectivity index (χ2n) is 6.28. The number of carbonyl (C=O) groups excluding carboxylic acids is 2. The van der Waals surface area contributed by atoms with Gasteiger partial charge in [-0.1, -0.05) is 18.2 Å². The number of nitrogens with one attached hydrogen (secondary N) is 1. The van der Waals surface area contributed by atoms with E-state index in [4.69, 9.17) is 4.74 Å². The smallest absolute Gasteiger partial charge is 0.355 e. The third kappa shape index (κ3) is 3.23. The van der Waals surface area contributed by atoms with E-state index in [-0.39, 0.29) is 24.6 Å². The van der Waals surface area contributed by atoms with Crippen LogP contribution in [0.2, 0.25) is 0 Å². The van der Waals surface area contributed by atoms with Gasteiger partial charge in [-0.15, -0.1) is 0 Å². The lowest BCUT2D eigenvalue weighted by Crippen LogP contribution is -2.49. The van der Waals surface area contributed by atoms with E-state index in [1.165, 1.54) is 0 Å². The molecule has 1 saturated heterocycles. The van der Waals surface area contributed by atoms with Crippen molar-refractivity contribution >= 4 is 22.8 Å². The molecule has 1 fully saturated rings. The zero-order valence-electron chi connectivity index (χ0n) is 13.5. The van der Waals surface area contributed by atoms with Crippen molar-refractivity contribution in [3.63, 3.8) is 0 Å². The molecule has 0 radical (unpaired) electrons. The molecule has 0 unspecified atom stereocenters. The van der Waals surface area contributed by atoms with Crippen LogP contribution in [0.4, 0.5) is 0 Å². The van der Waals surface area contributed by atoms with Crippen LogP contribution in [0.5, 0.6) is 0 Å². The lowest BCUT2D eigenvalue weighted by molar-refractivity contribution is -0.140. The van der Waals surface area contributed by atoms with Crippen molar-refractivity contribution in [2.24, 2.45) is 0 Å². The summed E-state index contributed by atoms with van der Waals surface area (Å²) in [6, 6.07) is 9.79. The minimum absolute atomic E-state index is 0.117. The van der Waals surface area contributed by atoms with Gasteiger partial charge < -0.3 is 14.6 Å². The summed E-state index contributed by atoms with van der Waals surface area (Å²) >= 11 is 0. The zero-order valence-corrected chi connectivity index (χ0v) is 13.5. The molecular formula is C18H22N2O3. The Bertz CT molecular complexity index is 679. The second kappa shape index (κ2) is 6.44. The number of H-pyrrole nitrogens is 1. The van der Waals surface area contributed by atoms with E-state index < -0.39 is 5.97 Å². The van der Waals surface area contributed by atoms with Gasteiger partial charge in [0.1, 0.15) is 5.69 Å². The van der Waals surface area contributed by atoms with E-state index in [2.05, 4.69) is 4.98 Å². The maximum absolute atomic E-state index is 12.4. The summed E-state index contributed by atoms with van der Waals surface area (Å²) in [6.45, 7) is 3.89. The number of piperidine rings is 1. The van der Waals surface area contributed by atoms with Crippen LogP contribution < -0.4 is 0 Å². The Morgan fingerprint density at radius 3 is 2.61 bits per heavy atom. The molecule has 23 heavy (non-hydrogen) atoms. The highest BCUT2D eigenvalue weighted by atomic mass is 16.5. The number of esters is 1. The first-order valence-corrected chi connectivity index (χ1v) is 8.12. The minimum Gasteiger partial charge on any atom is -0.451 e. The van der Waals surface area contributed by atoms with Gasteiger partial charge in [0.05, 0.1) is 0 Å². The fourth-order valence-corrected chi connectivity index (χ4v) is 3.38. The van der Waals surface area contributed by atoms with Crippen molar-refractivity contribution in [3.05, 3.63) is 36.0 Å². The fraction of sp³-hybridized carbons (Fsp3) is 0.444. The maximum atomic E-state index is 12.4. The third-order valence-corrected chi connectivity index (χ3v) is 4.56. The first-order valence-electron chi connectivity index (χ1n) is 8.12. The molecule has 2 aromatic rings. The normalized spacial score (nSPS) is 21.4. The van der Waals surface area contributed by atoms with Gasteiger partial charge >= 0.3 is 5.97 Å². The van der Waals surface area contributed by atoms with Crippen LogP contribution in [0, 0.1) is 0 Å². The molecule has 0 spiro atoms. The number of rotatable bonds is 3. The standard InChI is InChI=1S/C18H22N2O3/c1-12-6-5-7-13(2)20(12)17(21)11-23-18(22)16-10-14-8-3-4-9-15(14)19-16/h3-4,8-10,12-13,19H,5-7,11H2,1-2H3/t12-,13+. The molecule has 0 aliphatic carbocycles. The molecule has 1 aliphatic heterocycles. The van der Waals surface area contributed by atoms with Crippen molar-refractivity contribution in [3.8, 4) is 0 Å². The Morgan fingerprint density at radius 1 is 1.22 bits per heavy atom. The molecule has 1 N–H and O–H groups in total. The van der Waals surface area contributed by atoms with Crippen LogP contribution in [0.3, 0.4) is 0 Å². The predicted molar refractivity (Wildman–Crippen MR) is 88.2 cm³/mol. The monoisotopic (exact) mass is 314 g/mol. The summed E-state index contributed by atoms with van der Waals surface area (Å²) in [6.07, 6.45) is 3.15. The lowest BCUT2D eigenvalue weighted by atomic mass is 9.97. The van der Waals surface area contributed by atoms with Gasteiger partial charge in [0, 0.05) is 23.0 Å². The number of nitrogens with zero attached hydrogens (tertiary/aromatic N) is 1. The Balaban J connectivity index is 1.63. The van der Waals surface area contributed by atoms with Crippen molar-refractivity contribution in [2.45, 2.75) is 45.2 Å². The van der Waals surface area contributed by atoms with Crippen LogP contribution >= 0.6 is 0 Å². The molecule has 1 aromatic heterocycles. The molecule has 5 heteroatoms. The van der Waals surface area contributed by atoms with Gasteiger partial charge in [-0.05, 0) is 45.2 Å². The molecule has 2 heterocycles. The van der Waals surface area contributed by atoms with Crippen LogP contribution in [0.25, 0.3) is 10.9 Å². The number of hydrogen-bond acceptors (Lipinski definition) is 3. The zero-order chi connectivity index (χ0) is 16.4. The number of likely N-dealkylation sites (tertiary alicyclic amines) is 1. The number of fused-ring (bicyclic) bond motifs is 1. The number of carbonyl (C=O) groups is 2. The van der Waals surface area contributed by atoms with Crippen LogP contribution in [0.1, 0.15) is 43.6 Å². The van der Waals surface area contributed by atoms with Gasteiger partial charge in [-0.3, -0.25) is 4.79 Å². The van der Waals surface area contributed by atoms with Crippen LogP contribution in [-0.2, 0) is 9.53 Å². The quantitative estimate of drug-likeness (QED) is 0.885. The van der Waals surface area contributed by atoms with Gasteiger partial charge in [-0.2, -0.15) is 0 Å². The summed E-state index contributed by atoms with van der Waals surface area (Å²) < 4.78 is 5.21. The summed E-state index contributed by atoms with van der Waals surface area (Å²) in [4.78, 5) is 29.4. The number of para-hydroxylation sites is 1. The number of aromatic nitrogens is 1. The largest absolute Gasteiger partial charge is 0.451 e. The van der Waals surface area contributed by atoms with E-state index in [9.17, 15) is 9.59 Å². The number of aromatic amines is 1. The molecule has 3 rings (SSSR count).